The van der Waals surface area contributed by atoms with Gasteiger partial charge < -0.3 is 5.32 Å². The lowest BCUT2D eigenvalue weighted by Crippen LogP contribution is -2.24. The number of hydrogen-bond donors (Lipinski definition) is 1. The molecule has 0 saturated carbocycles. The van der Waals surface area contributed by atoms with Crippen molar-refractivity contribution in [3.63, 3.8) is 0 Å². The number of carbonyl (C=O) groups excluding carboxylic acids is 1. The van der Waals surface area contributed by atoms with Crippen molar-refractivity contribution < 1.29 is 13.6 Å². The number of rotatable bonds is 5. The number of benzene rings is 2. The number of pyridine rings is 1. The van der Waals surface area contributed by atoms with Gasteiger partial charge in [-0.1, -0.05) is 35.9 Å². The van der Waals surface area contributed by atoms with E-state index in [1.807, 2.05) is 37.3 Å². The van der Waals surface area contributed by atoms with Gasteiger partial charge in [-0.05, 0) is 60.0 Å². The van der Waals surface area contributed by atoms with Gasteiger partial charge in [-0.2, -0.15) is 0 Å². The zero-order valence-electron chi connectivity index (χ0n) is 15.0. The molecule has 3 nitrogen and oxygen atoms in total. The SMILES string of the molecule is CC(NC(=O)C=Cc1ccc(F)c(F)c1)c1cccc(-c2ccc(Cl)nc2)c1. The second kappa shape index (κ2) is 8.76. The van der Waals surface area contributed by atoms with Gasteiger partial charge in [0.1, 0.15) is 5.15 Å². The lowest BCUT2D eigenvalue weighted by Gasteiger charge is -2.14. The molecule has 0 radical (unpaired) electrons. The monoisotopic (exact) mass is 398 g/mol. The third-order valence-electron chi connectivity index (χ3n) is 4.18. The fourth-order valence-electron chi connectivity index (χ4n) is 2.67. The summed E-state index contributed by atoms with van der Waals surface area (Å²) in [5.74, 6) is -2.22. The summed E-state index contributed by atoms with van der Waals surface area (Å²) in [4.78, 5) is 16.2. The molecule has 0 fully saturated rings. The van der Waals surface area contributed by atoms with E-state index in [2.05, 4.69) is 10.3 Å². The maximum absolute atomic E-state index is 13.2. The van der Waals surface area contributed by atoms with Gasteiger partial charge >= 0.3 is 0 Å². The third kappa shape index (κ3) is 5.02. The Bertz CT molecular complexity index is 1020. The van der Waals surface area contributed by atoms with Crippen molar-refractivity contribution >= 4 is 23.6 Å². The molecule has 1 heterocycles. The van der Waals surface area contributed by atoms with Crippen LogP contribution in [0.3, 0.4) is 0 Å². The predicted octanol–water partition coefficient (Wildman–Crippen LogP) is 5.57. The molecule has 28 heavy (non-hydrogen) atoms. The Morgan fingerprint density at radius 1 is 1.07 bits per heavy atom. The molecule has 0 aliphatic heterocycles. The van der Waals surface area contributed by atoms with Crippen molar-refractivity contribution in [2.45, 2.75) is 13.0 Å². The van der Waals surface area contributed by atoms with Gasteiger partial charge in [0.25, 0.3) is 0 Å². The Morgan fingerprint density at radius 2 is 1.89 bits per heavy atom. The van der Waals surface area contributed by atoms with E-state index in [9.17, 15) is 13.6 Å². The maximum atomic E-state index is 13.2. The highest BCUT2D eigenvalue weighted by Crippen LogP contribution is 2.23. The van der Waals surface area contributed by atoms with Crippen LogP contribution < -0.4 is 5.32 Å². The minimum atomic E-state index is -0.954. The molecular weight excluding hydrogens is 382 g/mol. The van der Waals surface area contributed by atoms with E-state index in [1.165, 1.54) is 18.2 Å². The summed E-state index contributed by atoms with van der Waals surface area (Å²) in [6.45, 7) is 1.86. The van der Waals surface area contributed by atoms with Crippen LogP contribution in [-0.2, 0) is 4.79 Å². The Kier molecular flexibility index (Phi) is 6.16. The summed E-state index contributed by atoms with van der Waals surface area (Å²) in [6.07, 6.45) is 4.41. The number of carbonyl (C=O) groups is 1. The molecule has 0 spiro atoms. The molecule has 0 saturated heterocycles. The first-order valence-electron chi connectivity index (χ1n) is 8.58. The van der Waals surface area contributed by atoms with Crippen molar-refractivity contribution in [1.82, 2.24) is 10.3 Å². The molecule has 0 aliphatic rings. The normalized spacial score (nSPS) is 12.1. The molecule has 1 unspecified atom stereocenters. The van der Waals surface area contributed by atoms with Crippen molar-refractivity contribution in [1.29, 1.82) is 0 Å². The van der Waals surface area contributed by atoms with E-state index >= 15 is 0 Å². The van der Waals surface area contributed by atoms with Crippen molar-refractivity contribution in [2.24, 2.45) is 0 Å². The Hall–Kier alpha value is -3.05. The molecule has 3 rings (SSSR count). The van der Waals surface area contributed by atoms with Crippen LogP contribution in [0.2, 0.25) is 5.15 Å². The smallest absolute Gasteiger partial charge is 0.244 e. The van der Waals surface area contributed by atoms with Crippen molar-refractivity contribution in [3.05, 3.63) is 94.8 Å². The molecular formula is C22H17ClF2N2O. The van der Waals surface area contributed by atoms with Crippen LogP contribution in [0.15, 0.2) is 66.9 Å². The van der Waals surface area contributed by atoms with Crippen LogP contribution in [0, 0.1) is 11.6 Å². The van der Waals surface area contributed by atoms with Gasteiger partial charge in [0.05, 0.1) is 6.04 Å². The summed E-state index contributed by atoms with van der Waals surface area (Å²) in [5, 5.41) is 3.27. The molecule has 1 amide bonds. The van der Waals surface area contributed by atoms with Gasteiger partial charge in [0, 0.05) is 17.8 Å². The Labute approximate surface area is 166 Å². The van der Waals surface area contributed by atoms with E-state index in [0.29, 0.717) is 10.7 Å². The van der Waals surface area contributed by atoms with Crippen LogP contribution in [0.1, 0.15) is 24.1 Å². The Balaban J connectivity index is 1.68. The third-order valence-corrected chi connectivity index (χ3v) is 4.40. The van der Waals surface area contributed by atoms with Crippen molar-refractivity contribution in [2.75, 3.05) is 0 Å². The van der Waals surface area contributed by atoms with Gasteiger partial charge in [-0.15, -0.1) is 0 Å². The second-order valence-corrected chi connectivity index (χ2v) is 6.62. The number of aromatic nitrogens is 1. The quantitative estimate of drug-likeness (QED) is 0.451. The first kappa shape index (κ1) is 19.7. The van der Waals surface area contributed by atoms with Gasteiger partial charge in [0.15, 0.2) is 11.6 Å². The lowest BCUT2D eigenvalue weighted by molar-refractivity contribution is -0.117. The fraction of sp³-hybridized carbons (Fsp3) is 0.0909. The van der Waals surface area contributed by atoms with Gasteiger partial charge in [-0.25, -0.2) is 13.8 Å². The average Bonchev–Trinajstić information content (AvgIpc) is 2.69. The zero-order chi connectivity index (χ0) is 20.1. The fourth-order valence-corrected chi connectivity index (χ4v) is 2.78. The first-order chi connectivity index (χ1) is 13.4. The highest BCUT2D eigenvalue weighted by atomic mass is 35.5. The second-order valence-electron chi connectivity index (χ2n) is 6.23. The van der Waals surface area contributed by atoms with Gasteiger partial charge in [0.2, 0.25) is 5.91 Å². The van der Waals surface area contributed by atoms with Crippen LogP contribution >= 0.6 is 11.6 Å². The molecule has 3 aromatic rings. The van der Waals surface area contributed by atoms with E-state index in [-0.39, 0.29) is 11.9 Å². The highest BCUT2D eigenvalue weighted by molar-refractivity contribution is 6.29. The van der Waals surface area contributed by atoms with Gasteiger partial charge in [-0.3, -0.25) is 4.79 Å². The van der Waals surface area contributed by atoms with Crippen LogP contribution in [0.5, 0.6) is 0 Å². The molecule has 1 atom stereocenters. The molecule has 2 aromatic carbocycles. The standard InChI is InChI=1S/C22H17ClF2N2O/c1-14(27-22(28)10-6-15-5-8-19(24)20(25)11-15)16-3-2-4-17(12-16)18-7-9-21(23)26-13-18/h2-14H,1H3,(H,27,28). The number of hydrogen-bond acceptors (Lipinski definition) is 2. The van der Waals surface area contributed by atoms with E-state index in [0.717, 1.165) is 28.8 Å². The summed E-state index contributed by atoms with van der Waals surface area (Å²) in [5.41, 5.74) is 3.20. The van der Waals surface area contributed by atoms with Crippen LogP contribution in [0.4, 0.5) is 8.78 Å². The predicted molar refractivity (Wildman–Crippen MR) is 107 cm³/mol. The molecule has 1 N–H and O–H groups in total. The Morgan fingerprint density at radius 3 is 2.61 bits per heavy atom. The van der Waals surface area contributed by atoms with Crippen molar-refractivity contribution in [3.8, 4) is 11.1 Å². The summed E-state index contributed by atoms with van der Waals surface area (Å²) in [6, 6.07) is 14.5. The minimum Gasteiger partial charge on any atom is -0.346 e. The van der Waals surface area contributed by atoms with E-state index in [1.54, 1.807) is 12.3 Å². The molecule has 1 aromatic heterocycles. The molecule has 142 valence electrons. The average molecular weight is 399 g/mol. The number of nitrogens with zero attached hydrogens (tertiary/aromatic N) is 1. The maximum Gasteiger partial charge on any atom is 0.244 e. The topological polar surface area (TPSA) is 42.0 Å². The van der Waals surface area contributed by atoms with E-state index < -0.39 is 11.6 Å². The van der Waals surface area contributed by atoms with Crippen LogP contribution in [0.25, 0.3) is 17.2 Å². The summed E-state index contributed by atoms with van der Waals surface area (Å²) >= 11 is 5.82. The highest BCUT2D eigenvalue weighted by Gasteiger charge is 2.09. The van der Waals surface area contributed by atoms with Crippen LogP contribution in [-0.4, -0.2) is 10.9 Å². The minimum absolute atomic E-state index is 0.248. The van der Waals surface area contributed by atoms with E-state index in [4.69, 9.17) is 11.6 Å². The molecule has 6 heteroatoms. The number of nitrogens with one attached hydrogen (secondary N) is 1. The largest absolute Gasteiger partial charge is 0.346 e. The summed E-state index contributed by atoms with van der Waals surface area (Å²) in [7, 11) is 0. The lowest BCUT2D eigenvalue weighted by atomic mass is 10.0. The number of amides is 1. The number of halogens is 3. The molecule has 0 aliphatic carbocycles. The summed E-state index contributed by atoms with van der Waals surface area (Å²) < 4.78 is 26.2. The first-order valence-corrected chi connectivity index (χ1v) is 8.95. The zero-order valence-corrected chi connectivity index (χ0v) is 15.8. The molecule has 0 bridgehead atoms.